The molecule has 1 atom stereocenters. The SMILES string of the molecule is Cn1nc(N2CCC(n3cc(C#N)cn3)C2)ccc1=O. The van der Waals surface area contributed by atoms with Crippen molar-refractivity contribution in [3.63, 3.8) is 0 Å². The maximum absolute atomic E-state index is 11.3. The largest absolute Gasteiger partial charge is 0.353 e. The van der Waals surface area contributed by atoms with Crippen LogP contribution in [0.5, 0.6) is 0 Å². The molecule has 7 heteroatoms. The molecule has 0 saturated carbocycles. The van der Waals surface area contributed by atoms with Gasteiger partial charge in [0.1, 0.15) is 11.9 Å². The van der Waals surface area contributed by atoms with Crippen LogP contribution in [0.4, 0.5) is 5.82 Å². The third kappa shape index (κ3) is 2.16. The lowest BCUT2D eigenvalue weighted by atomic mass is 10.3. The summed E-state index contributed by atoms with van der Waals surface area (Å²) in [5.41, 5.74) is 0.457. The number of nitrogens with zero attached hydrogens (tertiary/aromatic N) is 6. The summed E-state index contributed by atoms with van der Waals surface area (Å²) in [6, 6.07) is 5.58. The maximum Gasteiger partial charge on any atom is 0.266 e. The molecule has 20 heavy (non-hydrogen) atoms. The van der Waals surface area contributed by atoms with Crippen LogP contribution in [0.1, 0.15) is 18.0 Å². The molecule has 2 aromatic rings. The lowest BCUT2D eigenvalue weighted by Gasteiger charge is -2.17. The Morgan fingerprint density at radius 2 is 2.30 bits per heavy atom. The fourth-order valence-electron chi connectivity index (χ4n) is 2.42. The molecule has 3 rings (SSSR count). The van der Waals surface area contributed by atoms with Crippen LogP contribution in [-0.4, -0.2) is 32.7 Å². The van der Waals surface area contributed by atoms with Gasteiger partial charge in [0, 0.05) is 32.4 Å². The van der Waals surface area contributed by atoms with Crippen LogP contribution in [0.25, 0.3) is 0 Å². The monoisotopic (exact) mass is 270 g/mol. The second-order valence-electron chi connectivity index (χ2n) is 4.86. The van der Waals surface area contributed by atoms with Crippen LogP contribution in [0, 0.1) is 11.3 Å². The van der Waals surface area contributed by atoms with Gasteiger partial charge in [-0.05, 0) is 12.5 Å². The van der Waals surface area contributed by atoms with Gasteiger partial charge in [-0.1, -0.05) is 0 Å². The van der Waals surface area contributed by atoms with Crippen LogP contribution in [0.3, 0.4) is 0 Å². The van der Waals surface area contributed by atoms with Gasteiger partial charge in [0.25, 0.3) is 5.56 Å². The Bertz CT molecular complexity index is 725. The molecular formula is C13H14N6O. The normalized spacial score (nSPS) is 18.2. The molecule has 0 aliphatic carbocycles. The lowest BCUT2D eigenvalue weighted by Crippen LogP contribution is -2.26. The van der Waals surface area contributed by atoms with E-state index in [2.05, 4.69) is 21.2 Å². The first-order valence-electron chi connectivity index (χ1n) is 6.41. The standard InChI is InChI=1S/C13H14N6O/c1-17-13(20)3-2-12(16-17)18-5-4-11(9-18)19-8-10(6-14)7-15-19/h2-3,7-8,11H,4-5,9H2,1H3. The summed E-state index contributed by atoms with van der Waals surface area (Å²) in [5, 5.41) is 17.3. The summed E-state index contributed by atoms with van der Waals surface area (Å²) in [6.45, 7) is 1.63. The summed E-state index contributed by atoms with van der Waals surface area (Å²) < 4.78 is 3.17. The van der Waals surface area contributed by atoms with E-state index in [-0.39, 0.29) is 11.6 Å². The van der Waals surface area contributed by atoms with E-state index in [4.69, 9.17) is 5.26 Å². The Morgan fingerprint density at radius 3 is 3.00 bits per heavy atom. The minimum Gasteiger partial charge on any atom is -0.353 e. The number of aryl methyl sites for hydroxylation is 1. The average molecular weight is 270 g/mol. The Hall–Kier alpha value is -2.62. The first kappa shape index (κ1) is 12.4. The van der Waals surface area contributed by atoms with E-state index < -0.39 is 0 Å². The van der Waals surface area contributed by atoms with E-state index in [0.717, 1.165) is 25.3 Å². The molecule has 0 aromatic carbocycles. The number of hydrogen-bond donors (Lipinski definition) is 0. The van der Waals surface area contributed by atoms with Crippen molar-refractivity contribution in [1.82, 2.24) is 19.6 Å². The van der Waals surface area contributed by atoms with Crippen molar-refractivity contribution in [3.8, 4) is 6.07 Å². The fraction of sp³-hybridized carbons (Fsp3) is 0.385. The van der Waals surface area contributed by atoms with Gasteiger partial charge in [-0.2, -0.15) is 15.5 Å². The molecule has 1 aliphatic rings. The highest BCUT2D eigenvalue weighted by atomic mass is 16.1. The molecule has 2 aromatic heterocycles. The minimum absolute atomic E-state index is 0.116. The van der Waals surface area contributed by atoms with Crippen LogP contribution in [0.15, 0.2) is 29.3 Å². The first-order valence-corrected chi connectivity index (χ1v) is 6.41. The van der Waals surface area contributed by atoms with Crippen LogP contribution < -0.4 is 10.5 Å². The van der Waals surface area contributed by atoms with E-state index in [1.165, 1.54) is 10.7 Å². The highest BCUT2D eigenvalue weighted by molar-refractivity contribution is 5.38. The van der Waals surface area contributed by atoms with Gasteiger partial charge >= 0.3 is 0 Å². The molecule has 0 radical (unpaired) electrons. The zero-order valence-corrected chi connectivity index (χ0v) is 11.1. The number of nitriles is 1. The Labute approximate surface area is 115 Å². The summed E-state index contributed by atoms with van der Waals surface area (Å²) in [5.74, 6) is 0.794. The van der Waals surface area contributed by atoms with Crippen molar-refractivity contribution in [2.45, 2.75) is 12.5 Å². The molecular weight excluding hydrogens is 256 g/mol. The number of hydrogen-bond acceptors (Lipinski definition) is 5. The smallest absolute Gasteiger partial charge is 0.266 e. The van der Waals surface area contributed by atoms with Gasteiger partial charge in [0.15, 0.2) is 0 Å². The second kappa shape index (κ2) is 4.81. The van der Waals surface area contributed by atoms with Gasteiger partial charge in [0.05, 0.1) is 17.8 Å². The van der Waals surface area contributed by atoms with Crippen LogP contribution in [-0.2, 0) is 7.05 Å². The zero-order chi connectivity index (χ0) is 14.1. The summed E-state index contributed by atoms with van der Waals surface area (Å²) in [6.07, 6.45) is 4.28. The Balaban J connectivity index is 1.77. The highest BCUT2D eigenvalue weighted by Gasteiger charge is 2.25. The summed E-state index contributed by atoms with van der Waals surface area (Å²) >= 11 is 0. The zero-order valence-electron chi connectivity index (χ0n) is 11.1. The highest BCUT2D eigenvalue weighted by Crippen LogP contribution is 2.24. The van der Waals surface area contributed by atoms with E-state index in [0.29, 0.717) is 5.56 Å². The minimum atomic E-state index is -0.116. The Morgan fingerprint density at radius 1 is 1.45 bits per heavy atom. The topological polar surface area (TPSA) is 79.7 Å². The van der Waals surface area contributed by atoms with E-state index in [1.54, 1.807) is 25.5 Å². The summed E-state index contributed by atoms with van der Waals surface area (Å²) in [4.78, 5) is 13.5. The van der Waals surface area contributed by atoms with Gasteiger partial charge in [-0.15, -0.1) is 0 Å². The van der Waals surface area contributed by atoms with Crippen LogP contribution >= 0.6 is 0 Å². The second-order valence-corrected chi connectivity index (χ2v) is 4.86. The molecule has 1 aliphatic heterocycles. The van der Waals surface area contributed by atoms with Crippen molar-refractivity contribution in [1.29, 1.82) is 5.26 Å². The van der Waals surface area contributed by atoms with Crippen LogP contribution in [0.2, 0.25) is 0 Å². The molecule has 0 amide bonds. The average Bonchev–Trinajstić information content (AvgIpc) is 3.09. The first-order chi connectivity index (χ1) is 9.67. The van der Waals surface area contributed by atoms with E-state index in [9.17, 15) is 4.79 Å². The van der Waals surface area contributed by atoms with Crippen molar-refractivity contribution in [3.05, 3.63) is 40.4 Å². The van der Waals surface area contributed by atoms with E-state index in [1.807, 2.05) is 4.68 Å². The van der Waals surface area contributed by atoms with Crippen molar-refractivity contribution in [2.75, 3.05) is 18.0 Å². The molecule has 3 heterocycles. The quantitative estimate of drug-likeness (QED) is 0.784. The summed E-state index contributed by atoms with van der Waals surface area (Å²) in [7, 11) is 1.64. The van der Waals surface area contributed by atoms with E-state index >= 15 is 0 Å². The van der Waals surface area contributed by atoms with Gasteiger partial charge in [-0.25, -0.2) is 4.68 Å². The molecule has 7 nitrogen and oxygen atoms in total. The molecule has 1 saturated heterocycles. The van der Waals surface area contributed by atoms with Crippen molar-refractivity contribution < 1.29 is 0 Å². The van der Waals surface area contributed by atoms with Gasteiger partial charge in [-0.3, -0.25) is 9.48 Å². The molecule has 1 fully saturated rings. The number of rotatable bonds is 2. The molecule has 102 valence electrons. The number of anilines is 1. The molecule has 0 bridgehead atoms. The third-order valence-electron chi connectivity index (χ3n) is 3.54. The van der Waals surface area contributed by atoms with Gasteiger partial charge < -0.3 is 4.90 Å². The molecule has 1 unspecified atom stereocenters. The van der Waals surface area contributed by atoms with Crippen molar-refractivity contribution in [2.24, 2.45) is 7.05 Å². The molecule has 0 N–H and O–H groups in total. The fourth-order valence-corrected chi connectivity index (χ4v) is 2.42. The van der Waals surface area contributed by atoms with Crippen molar-refractivity contribution >= 4 is 5.82 Å². The number of aromatic nitrogens is 4. The predicted molar refractivity (Wildman–Crippen MR) is 72.3 cm³/mol. The lowest BCUT2D eigenvalue weighted by molar-refractivity contribution is 0.494. The Kier molecular flexibility index (Phi) is 2.99. The maximum atomic E-state index is 11.3. The third-order valence-corrected chi connectivity index (χ3v) is 3.54. The predicted octanol–water partition coefficient (Wildman–Crippen LogP) is 0.300. The van der Waals surface area contributed by atoms with Gasteiger partial charge in [0.2, 0.25) is 0 Å². The molecule has 0 spiro atoms.